The summed E-state index contributed by atoms with van der Waals surface area (Å²) >= 11 is 0. The van der Waals surface area contributed by atoms with Crippen LogP contribution in [0, 0.1) is 19.8 Å². The third kappa shape index (κ3) is 3.05. The number of methoxy groups -OCH3 is 1. The molecule has 0 radical (unpaired) electrons. The molecule has 100 valence electrons. The van der Waals surface area contributed by atoms with E-state index in [4.69, 9.17) is 4.74 Å². The highest BCUT2D eigenvalue weighted by molar-refractivity contribution is 5.41. The van der Waals surface area contributed by atoms with Gasteiger partial charge in [0.1, 0.15) is 5.75 Å². The molecule has 1 aliphatic heterocycles. The van der Waals surface area contributed by atoms with Gasteiger partial charge in [-0.3, -0.25) is 4.90 Å². The van der Waals surface area contributed by atoms with Crippen molar-refractivity contribution in [3.05, 3.63) is 28.8 Å². The van der Waals surface area contributed by atoms with Crippen LogP contribution in [-0.4, -0.2) is 25.1 Å². The Morgan fingerprint density at radius 2 is 1.83 bits per heavy atom. The summed E-state index contributed by atoms with van der Waals surface area (Å²) < 4.78 is 5.37. The Bertz CT molecular complexity index is 406. The maximum absolute atomic E-state index is 5.37. The molecule has 1 saturated heterocycles. The van der Waals surface area contributed by atoms with Crippen molar-refractivity contribution in [2.45, 2.75) is 40.2 Å². The number of hydrogen-bond donors (Lipinski definition) is 0. The fourth-order valence-electron chi connectivity index (χ4n) is 2.70. The Balaban J connectivity index is 2.07. The maximum Gasteiger partial charge on any atom is 0.122 e. The summed E-state index contributed by atoms with van der Waals surface area (Å²) in [6.07, 6.45) is 2.68. The first-order valence-corrected chi connectivity index (χ1v) is 6.96. The summed E-state index contributed by atoms with van der Waals surface area (Å²) in [4.78, 5) is 2.58. The zero-order valence-electron chi connectivity index (χ0n) is 12.1. The quantitative estimate of drug-likeness (QED) is 0.810. The summed E-state index contributed by atoms with van der Waals surface area (Å²) in [5.74, 6) is 1.91. The zero-order valence-corrected chi connectivity index (χ0v) is 12.1. The lowest BCUT2D eigenvalue weighted by Gasteiger charge is -2.30. The van der Waals surface area contributed by atoms with Crippen LogP contribution in [0.4, 0.5) is 0 Å². The number of nitrogens with zero attached hydrogens (tertiary/aromatic N) is 1. The van der Waals surface area contributed by atoms with Crippen molar-refractivity contribution in [2.24, 2.45) is 5.92 Å². The molecule has 0 spiro atoms. The summed E-state index contributed by atoms with van der Waals surface area (Å²) in [6, 6.07) is 4.45. The molecule has 0 atom stereocenters. The van der Waals surface area contributed by atoms with Crippen LogP contribution in [0.25, 0.3) is 0 Å². The molecule has 0 aliphatic carbocycles. The molecule has 2 heteroatoms. The largest absolute Gasteiger partial charge is 0.496 e. The minimum absolute atomic E-state index is 0.903. The van der Waals surface area contributed by atoms with Gasteiger partial charge in [-0.15, -0.1) is 0 Å². The van der Waals surface area contributed by atoms with Gasteiger partial charge in [0.15, 0.2) is 0 Å². The van der Waals surface area contributed by atoms with Crippen molar-refractivity contribution < 1.29 is 4.74 Å². The normalized spacial score (nSPS) is 18.0. The molecule has 0 bridgehead atoms. The lowest BCUT2D eigenvalue weighted by molar-refractivity contribution is 0.185. The molecule has 1 aromatic carbocycles. The number of aryl methyl sites for hydroxylation is 2. The molecule has 1 fully saturated rings. The number of hydrogen-bond acceptors (Lipinski definition) is 2. The molecule has 1 aliphatic rings. The Morgan fingerprint density at radius 1 is 1.17 bits per heavy atom. The van der Waals surface area contributed by atoms with Crippen LogP contribution in [0.15, 0.2) is 12.1 Å². The first-order valence-electron chi connectivity index (χ1n) is 6.96. The Labute approximate surface area is 111 Å². The van der Waals surface area contributed by atoms with Crippen LogP contribution >= 0.6 is 0 Å². The van der Waals surface area contributed by atoms with Crippen molar-refractivity contribution in [1.29, 1.82) is 0 Å². The first kappa shape index (κ1) is 13.4. The van der Waals surface area contributed by atoms with E-state index in [1.165, 1.54) is 42.6 Å². The maximum atomic E-state index is 5.37. The molecule has 0 saturated carbocycles. The molecule has 0 unspecified atom stereocenters. The van der Waals surface area contributed by atoms with Gasteiger partial charge in [0, 0.05) is 6.54 Å². The average Bonchev–Trinajstić information content (AvgIpc) is 2.36. The monoisotopic (exact) mass is 247 g/mol. The Morgan fingerprint density at radius 3 is 2.44 bits per heavy atom. The van der Waals surface area contributed by atoms with Gasteiger partial charge in [0.25, 0.3) is 0 Å². The minimum atomic E-state index is 0.903. The van der Waals surface area contributed by atoms with Crippen LogP contribution in [0.1, 0.15) is 36.5 Å². The number of piperidine rings is 1. The second kappa shape index (κ2) is 5.75. The molecule has 1 aromatic rings. The molecule has 0 aromatic heterocycles. The van der Waals surface area contributed by atoms with Crippen molar-refractivity contribution in [3.8, 4) is 5.75 Å². The average molecular weight is 247 g/mol. The summed E-state index contributed by atoms with van der Waals surface area (Å²) in [5.41, 5.74) is 4.03. The standard InChI is InChI=1S/C16H25NO/c1-12-5-7-17(8-6-12)11-15-9-14(3)16(18-4)10-13(15)2/h9-10,12H,5-8,11H2,1-4H3. The van der Waals surface area contributed by atoms with Gasteiger partial charge in [-0.2, -0.15) is 0 Å². The number of rotatable bonds is 3. The van der Waals surface area contributed by atoms with Crippen LogP contribution < -0.4 is 4.74 Å². The number of likely N-dealkylation sites (tertiary alicyclic amines) is 1. The van der Waals surface area contributed by atoms with Crippen molar-refractivity contribution in [3.63, 3.8) is 0 Å². The fourth-order valence-corrected chi connectivity index (χ4v) is 2.70. The third-order valence-electron chi connectivity index (χ3n) is 4.12. The SMILES string of the molecule is COc1cc(C)c(CN2CCC(C)CC2)cc1C. The van der Waals surface area contributed by atoms with E-state index in [0.29, 0.717) is 0 Å². The zero-order chi connectivity index (χ0) is 13.1. The Kier molecular flexibility index (Phi) is 4.28. The van der Waals surface area contributed by atoms with Crippen molar-refractivity contribution in [2.75, 3.05) is 20.2 Å². The van der Waals surface area contributed by atoms with Crippen LogP contribution in [-0.2, 0) is 6.54 Å². The van der Waals surface area contributed by atoms with Gasteiger partial charge in [-0.1, -0.05) is 13.0 Å². The van der Waals surface area contributed by atoms with Crippen molar-refractivity contribution >= 4 is 0 Å². The molecular weight excluding hydrogens is 222 g/mol. The fraction of sp³-hybridized carbons (Fsp3) is 0.625. The second-order valence-corrected chi connectivity index (χ2v) is 5.71. The molecule has 0 N–H and O–H groups in total. The van der Waals surface area contributed by atoms with E-state index in [2.05, 4.69) is 37.8 Å². The summed E-state index contributed by atoms with van der Waals surface area (Å²) in [7, 11) is 1.74. The smallest absolute Gasteiger partial charge is 0.122 e. The Hall–Kier alpha value is -1.02. The molecule has 1 heterocycles. The van der Waals surface area contributed by atoms with E-state index >= 15 is 0 Å². The number of ether oxygens (including phenoxy) is 1. The van der Waals surface area contributed by atoms with Gasteiger partial charge in [0.2, 0.25) is 0 Å². The van der Waals surface area contributed by atoms with Gasteiger partial charge in [-0.05, 0) is 68.5 Å². The van der Waals surface area contributed by atoms with E-state index in [-0.39, 0.29) is 0 Å². The minimum Gasteiger partial charge on any atom is -0.496 e. The topological polar surface area (TPSA) is 12.5 Å². The summed E-state index contributed by atoms with van der Waals surface area (Å²) in [6.45, 7) is 10.2. The van der Waals surface area contributed by atoms with Gasteiger partial charge in [-0.25, -0.2) is 0 Å². The first-order chi connectivity index (χ1) is 8.60. The van der Waals surface area contributed by atoms with Gasteiger partial charge < -0.3 is 4.74 Å². The molecule has 2 nitrogen and oxygen atoms in total. The lowest BCUT2D eigenvalue weighted by Crippen LogP contribution is -2.32. The third-order valence-corrected chi connectivity index (χ3v) is 4.12. The molecule has 0 amide bonds. The van der Waals surface area contributed by atoms with Crippen LogP contribution in [0.2, 0.25) is 0 Å². The predicted molar refractivity (Wildman–Crippen MR) is 76.1 cm³/mol. The molecular formula is C16H25NO. The van der Waals surface area contributed by atoms with E-state index in [1.54, 1.807) is 7.11 Å². The van der Waals surface area contributed by atoms with E-state index < -0.39 is 0 Å². The summed E-state index contributed by atoms with van der Waals surface area (Å²) in [5, 5.41) is 0. The predicted octanol–water partition coefficient (Wildman–Crippen LogP) is 3.54. The lowest BCUT2D eigenvalue weighted by atomic mass is 9.98. The highest BCUT2D eigenvalue weighted by Gasteiger charge is 2.16. The highest BCUT2D eigenvalue weighted by Crippen LogP contribution is 2.25. The second-order valence-electron chi connectivity index (χ2n) is 5.71. The number of benzene rings is 1. The van der Waals surface area contributed by atoms with E-state index in [0.717, 1.165) is 18.2 Å². The highest BCUT2D eigenvalue weighted by atomic mass is 16.5. The van der Waals surface area contributed by atoms with Crippen LogP contribution in [0.3, 0.4) is 0 Å². The van der Waals surface area contributed by atoms with E-state index in [9.17, 15) is 0 Å². The van der Waals surface area contributed by atoms with Crippen LogP contribution in [0.5, 0.6) is 5.75 Å². The van der Waals surface area contributed by atoms with Gasteiger partial charge >= 0.3 is 0 Å². The molecule has 2 rings (SSSR count). The molecule has 18 heavy (non-hydrogen) atoms. The van der Waals surface area contributed by atoms with Gasteiger partial charge in [0.05, 0.1) is 7.11 Å². The van der Waals surface area contributed by atoms with Crippen molar-refractivity contribution in [1.82, 2.24) is 4.90 Å². The van der Waals surface area contributed by atoms with E-state index in [1.807, 2.05) is 0 Å².